The molecular weight excluding hydrogens is 270 g/mol. The molecule has 1 aromatic carbocycles. The third kappa shape index (κ3) is 3.01. The van der Waals surface area contributed by atoms with Gasteiger partial charge in [0.25, 0.3) is 0 Å². The van der Waals surface area contributed by atoms with Crippen LogP contribution in [-0.2, 0) is 0 Å². The molecule has 5 heteroatoms. The number of anilines is 1. The minimum atomic E-state index is -0.570. The van der Waals surface area contributed by atoms with Gasteiger partial charge in [0.15, 0.2) is 0 Å². The smallest absolute Gasteiger partial charge is 0.131 e. The van der Waals surface area contributed by atoms with Gasteiger partial charge in [-0.2, -0.15) is 0 Å². The predicted octanol–water partition coefficient (Wildman–Crippen LogP) is 4.49. The first kappa shape index (κ1) is 13.7. The lowest BCUT2D eigenvalue weighted by Crippen LogP contribution is -2.12. The molecule has 1 N–H and O–H groups in total. The van der Waals surface area contributed by atoms with Crippen molar-refractivity contribution in [1.82, 2.24) is 4.98 Å². The number of aromatic nitrogens is 1. The Morgan fingerprint density at radius 3 is 2.37 bits per heavy atom. The van der Waals surface area contributed by atoms with Crippen LogP contribution in [0.4, 0.5) is 14.5 Å². The van der Waals surface area contributed by atoms with Gasteiger partial charge in [0.2, 0.25) is 0 Å². The van der Waals surface area contributed by atoms with Gasteiger partial charge >= 0.3 is 0 Å². The van der Waals surface area contributed by atoms with E-state index in [0.29, 0.717) is 16.5 Å². The highest BCUT2D eigenvalue weighted by Gasteiger charge is 2.16. The first-order valence-corrected chi connectivity index (χ1v) is 6.20. The Kier molecular flexibility index (Phi) is 4.00. The summed E-state index contributed by atoms with van der Waals surface area (Å²) >= 11 is 5.76. The van der Waals surface area contributed by atoms with Gasteiger partial charge in [-0.05, 0) is 38.1 Å². The number of benzene rings is 1. The van der Waals surface area contributed by atoms with Gasteiger partial charge in [0.05, 0.1) is 17.4 Å². The summed E-state index contributed by atoms with van der Waals surface area (Å²) in [5.74, 6) is -1.14. The largest absolute Gasteiger partial charge is 0.377 e. The number of halogens is 3. The number of nitrogens with zero attached hydrogens (tertiary/aromatic N) is 1. The molecule has 0 aliphatic heterocycles. The van der Waals surface area contributed by atoms with E-state index in [-0.39, 0.29) is 5.56 Å². The number of pyridine rings is 1. The Labute approximate surface area is 115 Å². The van der Waals surface area contributed by atoms with Crippen LogP contribution in [0.15, 0.2) is 30.3 Å². The molecule has 0 aliphatic rings. The van der Waals surface area contributed by atoms with Crippen molar-refractivity contribution in [2.75, 3.05) is 5.32 Å². The van der Waals surface area contributed by atoms with Crippen LogP contribution in [0.5, 0.6) is 0 Å². The minimum Gasteiger partial charge on any atom is -0.377 e. The summed E-state index contributed by atoms with van der Waals surface area (Å²) in [5.41, 5.74) is 1.38. The first-order chi connectivity index (χ1) is 8.99. The Balaban J connectivity index is 2.28. The standard InChI is InChI=1S/C14H13ClF2N2/c1-8-12(6-7-13(15)19-8)18-9(2)14-10(16)4-3-5-11(14)17/h3-7,9,18H,1-2H3. The second kappa shape index (κ2) is 5.53. The highest BCUT2D eigenvalue weighted by molar-refractivity contribution is 6.29. The lowest BCUT2D eigenvalue weighted by molar-refractivity contribution is 0.544. The van der Waals surface area contributed by atoms with Gasteiger partial charge in [0, 0.05) is 5.56 Å². The van der Waals surface area contributed by atoms with E-state index >= 15 is 0 Å². The average Bonchev–Trinajstić information content (AvgIpc) is 2.32. The summed E-state index contributed by atoms with van der Waals surface area (Å²) in [5, 5.41) is 3.42. The Hall–Kier alpha value is -1.68. The summed E-state index contributed by atoms with van der Waals surface area (Å²) in [6.45, 7) is 3.47. The molecule has 1 aromatic heterocycles. The number of hydrogen-bond donors (Lipinski definition) is 1. The van der Waals surface area contributed by atoms with Crippen LogP contribution >= 0.6 is 11.6 Å². The third-order valence-electron chi connectivity index (χ3n) is 2.86. The van der Waals surface area contributed by atoms with E-state index in [1.165, 1.54) is 18.2 Å². The summed E-state index contributed by atoms with van der Waals surface area (Å²) < 4.78 is 27.3. The molecule has 0 bridgehead atoms. The second-order valence-electron chi connectivity index (χ2n) is 4.27. The molecule has 2 nitrogen and oxygen atoms in total. The number of nitrogens with one attached hydrogen (secondary N) is 1. The van der Waals surface area contributed by atoms with E-state index < -0.39 is 17.7 Å². The topological polar surface area (TPSA) is 24.9 Å². The molecule has 0 spiro atoms. The van der Waals surface area contributed by atoms with E-state index in [2.05, 4.69) is 10.3 Å². The summed E-state index contributed by atoms with van der Waals surface area (Å²) in [7, 11) is 0. The Bertz CT molecular complexity index is 582. The van der Waals surface area contributed by atoms with E-state index in [4.69, 9.17) is 11.6 Å². The molecule has 0 amide bonds. The van der Waals surface area contributed by atoms with Crippen molar-refractivity contribution in [3.8, 4) is 0 Å². The van der Waals surface area contributed by atoms with E-state index in [9.17, 15) is 8.78 Å². The van der Waals surface area contributed by atoms with E-state index in [0.717, 1.165) is 0 Å². The molecule has 1 unspecified atom stereocenters. The minimum absolute atomic E-state index is 0.0110. The van der Waals surface area contributed by atoms with Crippen LogP contribution in [0.25, 0.3) is 0 Å². The van der Waals surface area contributed by atoms with Gasteiger partial charge in [-0.25, -0.2) is 13.8 Å². The summed E-state index contributed by atoms with van der Waals surface area (Å²) in [6, 6.07) is 6.67. The molecule has 2 rings (SSSR count). The van der Waals surface area contributed by atoms with Crippen molar-refractivity contribution < 1.29 is 8.78 Å². The monoisotopic (exact) mass is 282 g/mol. The molecule has 0 radical (unpaired) electrons. The van der Waals surface area contributed by atoms with Crippen molar-refractivity contribution in [3.05, 3.63) is 58.4 Å². The zero-order valence-corrected chi connectivity index (χ0v) is 11.3. The molecule has 2 aromatic rings. The molecule has 100 valence electrons. The van der Waals surface area contributed by atoms with Crippen molar-refractivity contribution in [1.29, 1.82) is 0 Å². The lowest BCUT2D eigenvalue weighted by atomic mass is 10.1. The maximum absolute atomic E-state index is 13.7. The molecule has 1 heterocycles. The van der Waals surface area contributed by atoms with Crippen LogP contribution in [0.2, 0.25) is 5.15 Å². The molecule has 0 saturated carbocycles. The van der Waals surface area contributed by atoms with Crippen LogP contribution < -0.4 is 5.32 Å². The van der Waals surface area contributed by atoms with Crippen molar-refractivity contribution in [3.63, 3.8) is 0 Å². The van der Waals surface area contributed by atoms with Gasteiger partial charge in [-0.3, -0.25) is 0 Å². The zero-order valence-electron chi connectivity index (χ0n) is 10.5. The molecule has 19 heavy (non-hydrogen) atoms. The fourth-order valence-corrected chi connectivity index (χ4v) is 2.10. The lowest BCUT2D eigenvalue weighted by Gasteiger charge is -2.18. The summed E-state index contributed by atoms with van der Waals surface area (Å²) in [4.78, 5) is 4.08. The molecule has 0 fully saturated rings. The predicted molar refractivity (Wildman–Crippen MR) is 72.4 cm³/mol. The first-order valence-electron chi connectivity index (χ1n) is 5.82. The van der Waals surface area contributed by atoms with E-state index in [1.54, 1.807) is 26.0 Å². The van der Waals surface area contributed by atoms with Crippen LogP contribution in [0, 0.1) is 18.6 Å². The van der Waals surface area contributed by atoms with Gasteiger partial charge in [-0.1, -0.05) is 17.7 Å². The normalized spacial score (nSPS) is 12.3. The van der Waals surface area contributed by atoms with Gasteiger partial charge in [-0.15, -0.1) is 0 Å². The fourth-order valence-electron chi connectivity index (χ4n) is 1.91. The highest BCUT2D eigenvalue weighted by atomic mass is 35.5. The zero-order chi connectivity index (χ0) is 14.0. The van der Waals surface area contributed by atoms with Gasteiger partial charge < -0.3 is 5.32 Å². The number of aryl methyl sites for hydroxylation is 1. The highest BCUT2D eigenvalue weighted by Crippen LogP contribution is 2.26. The van der Waals surface area contributed by atoms with Crippen LogP contribution in [0.1, 0.15) is 24.2 Å². The van der Waals surface area contributed by atoms with Crippen LogP contribution in [0.3, 0.4) is 0 Å². The Morgan fingerprint density at radius 2 is 1.79 bits per heavy atom. The van der Waals surface area contributed by atoms with E-state index in [1.807, 2.05) is 0 Å². The van der Waals surface area contributed by atoms with Gasteiger partial charge in [0.1, 0.15) is 16.8 Å². The van der Waals surface area contributed by atoms with Crippen molar-refractivity contribution in [2.24, 2.45) is 0 Å². The molecule has 1 atom stereocenters. The second-order valence-corrected chi connectivity index (χ2v) is 4.66. The number of hydrogen-bond acceptors (Lipinski definition) is 2. The average molecular weight is 283 g/mol. The summed E-state index contributed by atoms with van der Waals surface area (Å²) in [6.07, 6.45) is 0. The third-order valence-corrected chi connectivity index (χ3v) is 3.07. The molecular formula is C14H13ClF2N2. The molecule has 0 saturated heterocycles. The quantitative estimate of drug-likeness (QED) is 0.839. The molecule has 0 aliphatic carbocycles. The Morgan fingerprint density at radius 1 is 1.16 bits per heavy atom. The van der Waals surface area contributed by atoms with Crippen LogP contribution in [-0.4, -0.2) is 4.98 Å². The SMILES string of the molecule is Cc1nc(Cl)ccc1NC(C)c1c(F)cccc1F. The fraction of sp³-hybridized carbons (Fsp3) is 0.214. The number of rotatable bonds is 3. The van der Waals surface area contributed by atoms with Crippen molar-refractivity contribution in [2.45, 2.75) is 19.9 Å². The van der Waals surface area contributed by atoms with Crippen molar-refractivity contribution >= 4 is 17.3 Å². The maximum atomic E-state index is 13.7. The maximum Gasteiger partial charge on any atom is 0.131 e.